The van der Waals surface area contributed by atoms with Gasteiger partial charge in [0.05, 0.1) is 0 Å². The largest absolute Gasteiger partial charge is 0.384 e. The lowest BCUT2D eigenvalue weighted by Crippen LogP contribution is -2.46. The van der Waals surface area contributed by atoms with Crippen LogP contribution in [-0.4, -0.2) is 50.9 Å². The van der Waals surface area contributed by atoms with Gasteiger partial charge in [0.15, 0.2) is 0 Å². The normalized spacial score (nSPS) is 17.1. The van der Waals surface area contributed by atoms with E-state index in [1.54, 1.807) is 0 Å². The molecule has 2 unspecified atom stereocenters. The number of aliphatic imine (C=N–C) groups is 2. The third kappa shape index (κ3) is 6.99. The Bertz CT molecular complexity index is 860. The zero-order valence-corrected chi connectivity index (χ0v) is 21.4. The molecule has 0 aliphatic carbocycles. The first-order valence-electron chi connectivity index (χ1n) is 12.7. The zero-order valence-electron chi connectivity index (χ0n) is 21.4. The predicted octanol–water partition coefficient (Wildman–Crippen LogP) is 4.52. The van der Waals surface area contributed by atoms with Crippen LogP contribution in [0.2, 0.25) is 0 Å². The van der Waals surface area contributed by atoms with Gasteiger partial charge in [0.2, 0.25) is 0 Å². The number of benzene rings is 2. The highest BCUT2D eigenvalue weighted by molar-refractivity contribution is 5.98. The van der Waals surface area contributed by atoms with Crippen molar-refractivity contribution in [2.45, 2.75) is 40.5 Å². The molecule has 1 saturated heterocycles. The number of nitrogens with zero attached hydrogens (tertiary/aromatic N) is 4. The Morgan fingerprint density at radius 3 is 1.29 bits per heavy atom. The van der Waals surface area contributed by atoms with Gasteiger partial charge in [-0.15, -0.1) is 0 Å². The van der Waals surface area contributed by atoms with E-state index in [9.17, 15) is 0 Å². The Morgan fingerprint density at radius 2 is 1.00 bits per heavy atom. The van der Waals surface area contributed by atoms with Gasteiger partial charge >= 0.3 is 0 Å². The molecule has 184 valence electrons. The fourth-order valence-corrected chi connectivity index (χ4v) is 3.86. The van der Waals surface area contributed by atoms with E-state index in [1.165, 1.54) is 11.4 Å². The van der Waals surface area contributed by atoms with E-state index in [2.05, 4.69) is 96.0 Å². The van der Waals surface area contributed by atoms with Crippen LogP contribution in [0.25, 0.3) is 0 Å². The highest BCUT2D eigenvalue weighted by Crippen LogP contribution is 2.22. The summed E-state index contributed by atoms with van der Waals surface area (Å²) in [7, 11) is 0. The van der Waals surface area contributed by atoms with Gasteiger partial charge in [0.1, 0.15) is 11.7 Å². The van der Waals surface area contributed by atoms with Gasteiger partial charge in [0, 0.05) is 61.8 Å². The maximum absolute atomic E-state index is 6.19. The number of anilines is 2. The van der Waals surface area contributed by atoms with Crippen molar-refractivity contribution >= 4 is 23.0 Å². The molecule has 3 rings (SSSR count). The van der Waals surface area contributed by atoms with Crippen molar-refractivity contribution in [3.63, 3.8) is 0 Å². The van der Waals surface area contributed by atoms with E-state index in [1.807, 2.05) is 0 Å². The molecule has 6 nitrogen and oxygen atoms in total. The lowest BCUT2D eigenvalue weighted by molar-refractivity contribution is 0.577. The summed E-state index contributed by atoms with van der Waals surface area (Å²) in [5.74, 6) is 2.38. The molecule has 6 heteroatoms. The van der Waals surface area contributed by atoms with E-state index in [0.29, 0.717) is 23.5 Å². The molecule has 1 heterocycles. The molecule has 34 heavy (non-hydrogen) atoms. The van der Waals surface area contributed by atoms with E-state index in [4.69, 9.17) is 11.5 Å². The molecule has 1 fully saturated rings. The van der Waals surface area contributed by atoms with Gasteiger partial charge in [-0.05, 0) is 60.4 Å². The lowest BCUT2D eigenvalue weighted by Gasteiger charge is -2.37. The molecule has 4 N–H and O–H groups in total. The van der Waals surface area contributed by atoms with Crippen molar-refractivity contribution in [2.24, 2.45) is 33.3 Å². The molecule has 0 aromatic heterocycles. The van der Waals surface area contributed by atoms with Crippen LogP contribution >= 0.6 is 0 Å². The quantitative estimate of drug-likeness (QED) is 0.402. The molecule has 0 bridgehead atoms. The van der Waals surface area contributed by atoms with Crippen LogP contribution in [0.4, 0.5) is 11.4 Å². The third-order valence-corrected chi connectivity index (χ3v) is 6.88. The second-order valence-electron chi connectivity index (χ2n) is 9.55. The molecular formula is C28H42N6. The topological polar surface area (TPSA) is 83.2 Å². The van der Waals surface area contributed by atoms with Crippen LogP contribution < -0.4 is 21.3 Å². The number of amidine groups is 2. The van der Waals surface area contributed by atoms with E-state index >= 15 is 0 Å². The first-order valence-corrected chi connectivity index (χ1v) is 12.7. The Labute approximate surface area is 205 Å². The van der Waals surface area contributed by atoms with Crippen molar-refractivity contribution in [2.75, 3.05) is 49.1 Å². The van der Waals surface area contributed by atoms with Crippen LogP contribution in [0.1, 0.15) is 51.7 Å². The van der Waals surface area contributed by atoms with Crippen LogP contribution in [0.3, 0.4) is 0 Å². The smallest absolute Gasteiger partial charge is 0.125 e. The Kier molecular flexibility index (Phi) is 9.37. The average molecular weight is 463 g/mol. The fourth-order valence-electron chi connectivity index (χ4n) is 3.86. The highest BCUT2D eigenvalue weighted by atomic mass is 15.3. The summed E-state index contributed by atoms with van der Waals surface area (Å²) >= 11 is 0. The van der Waals surface area contributed by atoms with Crippen LogP contribution in [-0.2, 0) is 0 Å². The van der Waals surface area contributed by atoms with Gasteiger partial charge < -0.3 is 21.3 Å². The monoisotopic (exact) mass is 462 g/mol. The molecule has 2 atom stereocenters. The molecular weight excluding hydrogens is 420 g/mol. The summed E-state index contributed by atoms with van der Waals surface area (Å²) in [6.07, 6.45) is 2.24. The molecule has 2 aromatic carbocycles. The Hall–Kier alpha value is -3.02. The first kappa shape index (κ1) is 25.6. The standard InChI is InChI=1S/C28H42N6/c1-5-21(3)19-31-27(29)23-7-11-25(12-8-23)33-15-17-34(18-16-33)26-13-9-24(10-14-26)28(30)32-20-22(4)6-2/h7-14,21-22H,5-6,15-20H2,1-4H3,(H2,29,31)(H2,30,32). The molecule has 1 aliphatic rings. The molecule has 0 amide bonds. The highest BCUT2D eigenvalue weighted by Gasteiger charge is 2.18. The van der Waals surface area contributed by atoms with Gasteiger partial charge in [-0.1, -0.05) is 40.5 Å². The molecule has 0 spiro atoms. The predicted molar refractivity (Wildman–Crippen MR) is 147 cm³/mol. The van der Waals surface area contributed by atoms with Crippen molar-refractivity contribution in [1.82, 2.24) is 0 Å². The minimum atomic E-state index is 0.561. The minimum Gasteiger partial charge on any atom is -0.384 e. The van der Waals surface area contributed by atoms with Crippen molar-refractivity contribution < 1.29 is 0 Å². The summed E-state index contributed by atoms with van der Waals surface area (Å²) in [6.45, 7) is 14.3. The molecule has 1 aliphatic heterocycles. The van der Waals surface area contributed by atoms with Crippen molar-refractivity contribution in [3.05, 3.63) is 59.7 Å². The molecule has 0 saturated carbocycles. The van der Waals surface area contributed by atoms with Gasteiger partial charge in [-0.25, -0.2) is 0 Å². The molecule has 2 aromatic rings. The van der Waals surface area contributed by atoms with Crippen LogP contribution in [0, 0.1) is 11.8 Å². The Morgan fingerprint density at radius 1 is 0.676 bits per heavy atom. The zero-order chi connectivity index (χ0) is 24.5. The van der Waals surface area contributed by atoms with Crippen molar-refractivity contribution in [3.8, 4) is 0 Å². The third-order valence-electron chi connectivity index (χ3n) is 6.88. The SMILES string of the molecule is CCC(C)CN=C(N)c1ccc(N2CCN(c3ccc(C(N)=NCC(C)CC)cc3)CC2)cc1. The van der Waals surface area contributed by atoms with Gasteiger partial charge in [-0.2, -0.15) is 0 Å². The lowest BCUT2D eigenvalue weighted by atomic mass is 10.1. The Balaban J connectivity index is 1.54. The van der Waals surface area contributed by atoms with Gasteiger partial charge in [-0.3, -0.25) is 9.98 Å². The summed E-state index contributed by atoms with van der Waals surface area (Å²) < 4.78 is 0. The summed E-state index contributed by atoms with van der Waals surface area (Å²) in [5.41, 5.74) is 16.8. The number of nitrogens with two attached hydrogens (primary N) is 2. The van der Waals surface area contributed by atoms with E-state index in [0.717, 1.165) is 63.2 Å². The fraction of sp³-hybridized carbons (Fsp3) is 0.500. The average Bonchev–Trinajstić information content (AvgIpc) is 2.90. The maximum atomic E-state index is 6.19. The molecule has 0 radical (unpaired) electrons. The summed E-state index contributed by atoms with van der Waals surface area (Å²) in [4.78, 5) is 14.0. The van der Waals surface area contributed by atoms with Crippen LogP contribution in [0.15, 0.2) is 58.5 Å². The second kappa shape index (κ2) is 12.4. The van der Waals surface area contributed by atoms with E-state index < -0.39 is 0 Å². The number of rotatable bonds is 10. The number of hydrogen-bond donors (Lipinski definition) is 2. The summed E-state index contributed by atoms with van der Waals surface area (Å²) in [5, 5.41) is 0. The van der Waals surface area contributed by atoms with E-state index in [-0.39, 0.29) is 0 Å². The maximum Gasteiger partial charge on any atom is 0.125 e. The number of hydrogen-bond acceptors (Lipinski definition) is 4. The summed E-state index contributed by atoms with van der Waals surface area (Å²) in [6, 6.07) is 17.0. The number of piperazine rings is 1. The van der Waals surface area contributed by atoms with Crippen LogP contribution in [0.5, 0.6) is 0 Å². The second-order valence-corrected chi connectivity index (χ2v) is 9.55. The van der Waals surface area contributed by atoms with Gasteiger partial charge in [0.25, 0.3) is 0 Å². The first-order chi connectivity index (χ1) is 16.4. The van der Waals surface area contributed by atoms with Crippen molar-refractivity contribution in [1.29, 1.82) is 0 Å². The minimum absolute atomic E-state index is 0.561.